The summed E-state index contributed by atoms with van der Waals surface area (Å²) in [5.74, 6) is 0.843. The van der Waals surface area contributed by atoms with Crippen molar-refractivity contribution in [1.29, 1.82) is 0 Å². The van der Waals surface area contributed by atoms with Gasteiger partial charge in [-0.2, -0.15) is 0 Å². The molecule has 6 nitrogen and oxygen atoms in total. The predicted molar refractivity (Wildman–Crippen MR) is 107 cm³/mol. The maximum Gasteiger partial charge on any atom is 0.317 e. The number of amides is 2. The van der Waals surface area contributed by atoms with Crippen molar-refractivity contribution in [2.45, 2.75) is 39.7 Å². The largest absolute Gasteiger partial charge is 0.492 e. The van der Waals surface area contributed by atoms with Gasteiger partial charge in [0.05, 0.1) is 11.3 Å². The number of urea groups is 1. The molecule has 1 aromatic carbocycles. The van der Waals surface area contributed by atoms with Crippen LogP contribution in [0.5, 0.6) is 5.75 Å². The number of ether oxygens (including phenoxy) is 1. The number of fused-ring (bicyclic) bond motifs is 1. The van der Waals surface area contributed by atoms with Crippen LogP contribution in [-0.2, 0) is 0 Å². The van der Waals surface area contributed by atoms with Gasteiger partial charge in [0.15, 0.2) is 5.13 Å². The van der Waals surface area contributed by atoms with Gasteiger partial charge in [0, 0.05) is 32.2 Å². The second-order valence-corrected chi connectivity index (χ2v) is 7.48. The van der Waals surface area contributed by atoms with Gasteiger partial charge in [-0.3, -0.25) is 0 Å². The monoisotopic (exact) mass is 376 g/mol. The smallest absolute Gasteiger partial charge is 0.317 e. The van der Waals surface area contributed by atoms with Crippen LogP contribution in [0.2, 0.25) is 0 Å². The van der Waals surface area contributed by atoms with E-state index in [0.29, 0.717) is 6.61 Å². The molecular formula is C19H28N4O2S. The van der Waals surface area contributed by atoms with Crippen molar-refractivity contribution in [2.75, 3.05) is 37.7 Å². The van der Waals surface area contributed by atoms with E-state index in [1.54, 1.807) is 11.3 Å². The summed E-state index contributed by atoms with van der Waals surface area (Å²) in [7, 11) is 0. The summed E-state index contributed by atoms with van der Waals surface area (Å²) in [6, 6.07) is 6.38. The SMILES string of the molecule is CCOc1cccc2sc(N3CCN(C(=O)NC(CC)CC)CC3)nc12. The molecule has 3 rings (SSSR count). The molecule has 2 aromatic rings. The first-order chi connectivity index (χ1) is 12.7. The van der Waals surface area contributed by atoms with Gasteiger partial charge in [0.25, 0.3) is 0 Å². The Labute approximate surface area is 159 Å². The van der Waals surface area contributed by atoms with E-state index in [1.165, 1.54) is 0 Å². The fourth-order valence-electron chi connectivity index (χ4n) is 3.18. The maximum atomic E-state index is 12.4. The van der Waals surface area contributed by atoms with Gasteiger partial charge >= 0.3 is 6.03 Å². The number of hydrogen-bond acceptors (Lipinski definition) is 5. The number of thiazole rings is 1. The molecule has 2 amide bonds. The summed E-state index contributed by atoms with van der Waals surface area (Å²) in [6.45, 7) is 9.89. The van der Waals surface area contributed by atoms with Crippen molar-refractivity contribution in [2.24, 2.45) is 0 Å². The van der Waals surface area contributed by atoms with E-state index in [2.05, 4.69) is 30.1 Å². The lowest BCUT2D eigenvalue weighted by atomic mass is 10.2. The van der Waals surface area contributed by atoms with Crippen LogP contribution in [-0.4, -0.2) is 54.7 Å². The Kier molecular flexibility index (Phi) is 6.19. The number of carbonyl (C=O) groups is 1. The highest BCUT2D eigenvalue weighted by atomic mass is 32.1. The molecule has 1 aromatic heterocycles. The summed E-state index contributed by atoms with van der Waals surface area (Å²) < 4.78 is 6.83. The highest BCUT2D eigenvalue weighted by Gasteiger charge is 2.24. The van der Waals surface area contributed by atoms with Crippen LogP contribution in [0.4, 0.5) is 9.93 Å². The molecule has 0 spiro atoms. The summed E-state index contributed by atoms with van der Waals surface area (Å²) in [6.07, 6.45) is 1.94. The van der Waals surface area contributed by atoms with Gasteiger partial charge in [-0.1, -0.05) is 31.3 Å². The summed E-state index contributed by atoms with van der Waals surface area (Å²) in [5, 5.41) is 4.13. The molecule has 7 heteroatoms. The van der Waals surface area contributed by atoms with Crippen molar-refractivity contribution >= 4 is 32.7 Å². The first-order valence-corrected chi connectivity index (χ1v) is 10.3. The van der Waals surface area contributed by atoms with Gasteiger partial charge < -0.3 is 19.9 Å². The van der Waals surface area contributed by atoms with E-state index < -0.39 is 0 Å². The Morgan fingerprint density at radius 1 is 1.23 bits per heavy atom. The fraction of sp³-hybridized carbons (Fsp3) is 0.579. The van der Waals surface area contributed by atoms with E-state index >= 15 is 0 Å². The normalized spacial score (nSPS) is 14.9. The molecule has 0 aliphatic carbocycles. The van der Waals surface area contributed by atoms with E-state index in [4.69, 9.17) is 9.72 Å². The van der Waals surface area contributed by atoms with Crippen molar-refractivity contribution in [3.8, 4) is 5.75 Å². The fourth-order valence-corrected chi connectivity index (χ4v) is 4.21. The van der Waals surface area contributed by atoms with Crippen LogP contribution in [0, 0.1) is 0 Å². The molecule has 1 N–H and O–H groups in total. The molecule has 0 unspecified atom stereocenters. The van der Waals surface area contributed by atoms with Gasteiger partial charge in [-0.25, -0.2) is 9.78 Å². The summed E-state index contributed by atoms with van der Waals surface area (Å²) in [5.41, 5.74) is 0.934. The predicted octanol–water partition coefficient (Wildman–Crippen LogP) is 3.72. The minimum absolute atomic E-state index is 0.0567. The minimum atomic E-state index is 0.0567. The molecule has 0 radical (unpaired) electrons. The number of nitrogens with zero attached hydrogens (tertiary/aromatic N) is 3. The molecule has 1 aliphatic heterocycles. The third-order valence-corrected chi connectivity index (χ3v) is 5.90. The van der Waals surface area contributed by atoms with Gasteiger partial charge in [-0.15, -0.1) is 0 Å². The topological polar surface area (TPSA) is 57.7 Å². The van der Waals surface area contributed by atoms with Crippen molar-refractivity contribution in [3.63, 3.8) is 0 Å². The maximum absolute atomic E-state index is 12.4. The van der Waals surface area contributed by atoms with Crippen molar-refractivity contribution in [1.82, 2.24) is 15.2 Å². The molecule has 2 heterocycles. The summed E-state index contributed by atoms with van der Waals surface area (Å²) >= 11 is 1.69. The Hall–Kier alpha value is -2.02. The van der Waals surface area contributed by atoms with E-state index in [1.807, 2.05) is 24.0 Å². The second-order valence-electron chi connectivity index (χ2n) is 6.47. The van der Waals surface area contributed by atoms with Crippen molar-refractivity contribution in [3.05, 3.63) is 18.2 Å². The zero-order chi connectivity index (χ0) is 18.5. The molecule has 26 heavy (non-hydrogen) atoms. The van der Waals surface area contributed by atoms with E-state index in [9.17, 15) is 4.79 Å². The highest BCUT2D eigenvalue weighted by Crippen LogP contribution is 2.34. The number of carbonyl (C=O) groups excluding carboxylic acids is 1. The Morgan fingerprint density at radius 2 is 1.96 bits per heavy atom. The third kappa shape index (κ3) is 4.03. The lowest BCUT2D eigenvalue weighted by Gasteiger charge is -2.35. The average molecular weight is 377 g/mol. The van der Waals surface area contributed by atoms with Crippen LogP contribution in [0.25, 0.3) is 10.2 Å². The number of hydrogen-bond donors (Lipinski definition) is 1. The molecule has 0 saturated carbocycles. The van der Waals surface area contributed by atoms with Crippen molar-refractivity contribution < 1.29 is 9.53 Å². The number of benzene rings is 1. The number of aromatic nitrogens is 1. The van der Waals surface area contributed by atoms with E-state index in [0.717, 1.165) is 60.1 Å². The average Bonchev–Trinajstić information content (AvgIpc) is 3.11. The molecular weight excluding hydrogens is 348 g/mol. The first kappa shape index (κ1) is 18.8. The Morgan fingerprint density at radius 3 is 2.62 bits per heavy atom. The quantitative estimate of drug-likeness (QED) is 0.835. The highest BCUT2D eigenvalue weighted by molar-refractivity contribution is 7.22. The molecule has 0 bridgehead atoms. The van der Waals surface area contributed by atoms with Crippen LogP contribution in [0.1, 0.15) is 33.6 Å². The summed E-state index contributed by atoms with van der Waals surface area (Å²) in [4.78, 5) is 21.4. The second kappa shape index (κ2) is 8.58. The number of rotatable bonds is 6. The number of anilines is 1. The Bertz CT molecular complexity index is 736. The van der Waals surface area contributed by atoms with Gasteiger partial charge in [0.1, 0.15) is 11.3 Å². The molecule has 0 atom stereocenters. The minimum Gasteiger partial charge on any atom is -0.492 e. The number of piperazine rings is 1. The molecule has 142 valence electrons. The number of nitrogens with one attached hydrogen (secondary N) is 1. The lowest BCUT2D eigenvalue weighted by molar-refractivity contribution is 0.189. The van der Waals surface area contributed by atoms with Crippen LogP contribution >= 0.6 is 11.3 Å². The standard InChI is InChI=1S/C19H28N4O2S/c1-4-14(5-2)20-18(24)22-10-12-23(13-11-22)19-21-17-15(25-6-3)8-7-9-16(17)26-19/h7-9,14H,4-6,10-13H2,1-3H3,(H,20,24). The molecule has 1 aliphatic rings. The molecule has 1 saturated heterocycles. The lowest BCUT2D eigenvalue weighted by Crippen LogP contribution is -2.53. The van der Waals surface area contributed by atoms with Gasteiger partial charge in [-0.05, 0) is 31.9 Å². The number of para-hydroxylation sites is 1. The van der Waals surface area contributed by atoms with Gasteiger partial charge in [0.2, 0.25) is 0 Å². The van der Waals surface area contributed by atoms with Crippen LogP contribution in [0.15, 0.2) is 18.2 Å². The van der Waals surface area contributed by atoms with Crippen LogP contribution in [0.3, 0.4) is 0 Å². The van der Waals surface area contributed by atoms with E-state index in [-0.39, 0.29) is 12.1 Å². The van der Waals surface area contributed by atoms with Crippen LogP contribution < -0.4 is 15.0 Å². The zero-order valence-electron chi connectivity index (χ0n) is 15.8. The zero-order valence-corrected chi connectivity index (χ0v) is 16.6. The molecule has 1 fully saturated rings. The third-order valence-electron chi connectivity index (χ3n) is 4.82. The Balaban J connectivity index is 1.64. The first-order valence-electron chi connectivity index (χ1n) is 9.49.